The Kier molecular flexibility index (Phi) is 4.79. The van der Waals surface area contributed by atoms with Gasteiger partial charge in [0, 0.05) is 18.8 Å². The van der Waals surface area contributed by atoms with Gasteiger partial charge in [-0.15, -0.1) is 4.80 Å². The largest absolute Gasteiger partial charge is 0.434 e. The first kappa shape index (κ1) is 20.3. The molecule has 2 bridgehead atoms. The van der Waals surface area contributed by atoms with Crippen molar-refractivity contribution in [3.05, 3.63) is 54.0 Å². The predicted molar refractivity (Wildman–Crippen MR) is 106 cm³/mol. The number of likely N-dealkylation sites (tertiary alicyclic amines) is 1. The minimum atomic E-state index is -4.54. The van der Waals surface area contributed by atoms with Crippen molar-refractivity contribution in [2.75, 3.05) is 11.9 Å². The molecule has 2 fully saturated rings. The van der Waals surface area contributed by atoms with Crippen LogP contribution in [0, 0.1) is 12.8 Å². The van der Waals surface area contributed by atoms with Crippen LogP contribution in [0.4, 0.5) is 19.0 Å². The van der Waals surface area contributed by atoms with Crippen LogP contribution in [-0.4, -0.2) is 59.4 Å². The van der Waals surface area contributed by atoms with Gasteiger partial charge in [0.2, 0.25) is 0 Å². The number of nitrogens with zero attached hydrogens (tertiary/aromatic N) is 7. The highest BCUT2D eigenvalue weighted by Crippen LogP contribution is 2.40. The Morgan fingerprint density at radius 1 is 1.09 bits per heavy atom. The molecule has 0 unspecified atom stereocenters. The number of pyridine rings is 1. The van der Waals surface area contributed by atoms with Gasteiger partial charge in [-0.2, -0.15) is 23.4 Å². The van der Waals surface area contributed by atoms with Crippen LogP contribution in [0.15, 0.2) is 37.1 Å². The third kappa shape index (κ3) is 3.65. The van der Waals surface area contributed by atoms with E-state index in [1.54, 1.807) is 11.1 Å². The fourth-order valence-corrected chi connectivity index (χ4v) is 4.50. The van der Waals surface area contributed by atoms with Crippen molar-refractivity contribution in [3.63, 3.8) is 0 Å². The van der Waals surface area contributed by atoms with E-state index in [1.165, 1.54) is 17.2 Å². The predicted octanol–water partition coefficient (Wildman–Crippen LogP) is 2.49. The fourth-order valence-electron chi connectivity index (χ4n) is 4.50. The Hall–Kier alpha value is -3.57. The number of piperidine rings is 1. The molecule has 166 valence electrons. The molecule has 32 heavy (non-hydrogen) atoms. The van der Waals surface area contributed by atoms with E-state index in [0.717, 1.165) is 24.6 Å². The standard InChI is InChI=1S/C20H19F3N8O/c1-11-4-15(31-27-2-3-28-31)18(26-7-11)19(32)30-10-12-5-13(14(30)6-12)29-17-9-24-16(8-25-17)20(21,22)23/h2-4,7-9,12-14H,5-6,10H2,1H3,(H,25,29)/t12-,13-,14+/m1/s1. The second kappa shape index (κ2) is 7.53. The molecule has 0 aromatic carbocycles. The lowest BCUT2D eigenvalue weighted by Gasteiger charge is -2.34. The van der Waals surface area contributed by atoms with E-state index >= 15 is 0 Å². The Labute approximate surface area is 180 Å². The van der Waals surface area contributed by atoms with Crippen LogP contribution < -0.4 is 5.32 Å². The molecule has 4 heterocycles. The van der Waals surface area contributed by atoms with Gasteiger partial charge < -0.3 is 10.2 Å². The number of hydrogen-bond acceptors (Lipinski definition) is 7. The highest BCUT2D eigenvalue weighted by molar-refractivity contribution is 5.96. The molecule has 1 N–H and O–H groups in total. The fraction of sp³-hybridized carbons (Fsp3) is 0.400. The lowest BCUT2D eigenvalue weighted by atomic mass is 10.0. The van der Waals surface area contributed by atoms with Crippen LogP contribution in [0.3, 0.4) is 0 Å². The molecule has 3 aromatic rings. The van der Waals surface area contributed by atoms with E-state index in [9.17, 15) is 18.0 Å². The number of fused-ring (bicyclic) bond motifs is 2. The average molecular weight is 444 g/mol. The minimum Gasteiger partial charge on any atom is -0.364 e. The van der Waals surface area contributed by atoms with Crippen molar-refractivity contribution < 1.29 is 18.0 Å². The number of aromatic nitrogens is 6. The highest BCUT2D eigenvalue weighted by atomic mass is 19.4. The van der Waals surface area contributed by atoms with E-state index < -0.39 is 11.9 Å². The Balaban J connectivity index is 1.36. The molecule has 1 saturated carbocycles. The van der Waals surface area contributed by atoms with Crippen molar-refractivity contribution in [2.24, 2.45) is 5.92 Å². The zero-order valence-electron chi connectivity index (χ0n) is 17.0. The van der Waals surface area contributed by atoms with Gasteiger partial charge in [-0.05, 0) is 37.3 Å². The maximum Gasteiger partial charge on any atom is 0.434 e. The third-order valence-electron chi connectivity index (χ3n) is 5.86. The maximum atomic E-state index is 13.4. The van der Waals surface area contributed by atoms with Gasteiger partial charge in [0.25, 0.3) is 5.91 Å². The van der Waals surface area contributed by atoms with Crippen LogP contribution in [0.5, 0.6) is 0 Å². The quantitative estimate of drug-likeness (QED) is 0.660. The monoisotopic (exact) mass is 444 g/mol. The molecule has 12 heteroatoms. The van der Waals surface area contributed by atoms with E-state index in [1.807, 2.05) is 13.0 Å². The molecule has 1 aliphatic carbocycles. The van der Waals surface area contributed by atoms with E-state index in [2.05, 4.69) is 30.5 Å². The average Bonchev–Trinajstić information content (AvgIpc) is 3.50. The maximum absolute atomic E-state index is 13.4. The molecule has 2 aliphatic rings. The second-order valence-electron chi connectivity index (χ2n) is 8.10. The van der Waals surface area contributed by atoms with Gasteiger partial charge in [0.15, 0.2) is 11.4 Å². The van der Waals surface area contributed by atoms with E-state index in [4.69, 9.17) is 0 Å². The number of anilines is 1. The van der Waals surface area contributed by atoms with Gasteiger partial charge >= 0.3 is 6.18 Å². The number of nitrogens with one attached hydrogen (secondary N) is 1. The summed E-state index contributed by atoms with van der Waals surface area (Å²) in [6.45, 7) is 2.47. The summed E-state index contributed by atoms with van der Waals surface area (Å²) in [5.74, 6) is 0.313. The zero-order valence-corrected chi connectivity index (χ0v) is 17.0. The molecule has 0 spiro atoms. The van der Waals surface area contributed by atoms with Crippen molar-refractivity contribution in [1.82, 2.24) is 34.8 Å². The van der Waals surface area contributed by atoms with Crippen LogP contribution in [0.25, 0.3) is 5.69 Å². The highest BCUT2D eigenvalue weighted by Gasteiger charge is 2.48. The van der Waals surface area contributed by atoms with E-state index in [-0.39, 0.29) is 29.5 Å². The number of halogens is 3. The molecular weight excluding hydrogens is 425 g/mol. The zero-order chi connectivity index (χ0) is 22.5. The normalized spacial score (nSPS) is 22.4. The van der Waals surface area contributed by atoms with Crippen molar-refractivity contribution in [1.29, 1.82) is 0 Å². The summed E-state index contributed by atoms with van der Waals surface area (Å²) in [6, 6.07) is 1.54. The van der Waals surface area contributed by atoms with Gasteiger partial charge in [-0.1, -0.05) is 0 Å². The summed E-state index contributed by atoms with van der Waals surface area (Å²) in [4.78, 5) is 28.2. The molecule has 5 rings (SSSR count). The van der Waals surface area contributed by atoms with Crippen LogP contribution in [0.1, 0.15) is 34.6 Å². The van der Waals surface area contributed by atoms with Gasteiger partial charge in [0.05, 0.1) is 30.8 Å². The number of aryl methyl sites for hydroxylation is 1. The summed E-state index contributed by atoms with van der Waals surface area (Å²) in [7, 11) is 0. The summed E-state index contributed by atoms with van der Waals surface area (Å²) >= 11 is 0. The Bertz CT molecular complexity index is 1130. The SMILES string of the molecule is Cc1cnc(C(=O)N2C[C@@H]3C[C@@H](Nc4cnc(C(F)(F)F)cn4)[C@@H]2C3)c(-n2nccn2)c1. The minimum absolute atomic E-state index is 0.127. The van der Waals surface area contributed by atoms with Crippen LogP contribution in [0.2, 0.25) is 0 Å². The molecule has 1 saturated heterocycles. The Morgan fingerprint density at radius 2 is 1.88 bits per heavy atom. The van der Waals surface area contributed by atoms with Crippen molar-refractivity contribution in [2.45, 2.75) is 38.0 Å². The molecule has 1 amide bonds. The van der Waals surface area contributed by atoms with Crippen molar-refractivity contribution in [3.8, 4) is 5.69 Å². The smallest absolute Gasteiger partial charge is 0.364 e. The molecule has 9 nitrogen and oxygen atoms in total. The number of rotatable bonds is 4. The Morgan fingerprint density at radius 3 is 2.53 bits per heavy atom. The van der Waals surface area contributed by atoms with Gasteiger partial charge in [0.1, 0.15) is 11.5 Å². The first-order valence-electron chi connectivity index (χ1n) is 10.1. The lowest BCUT2D eigenvalue weighted by molar-refractivity contribution is -0.141. The molecule has 3 atom stereocenters. The summed E-state index contributed by atoms with van der Waals surface area (Å²) in [5, 5.41) is 11.4. The van der Waals surface area contributed by atoms with E-state index in [0.29, 0.717) is 24.3 Å². The summed E-state index contributed by atoms with van der Waals surface area (Å²) in [6.07, 6.45) is 3.52. The molecule has 1 aliphatic heterocycles. The molecule has 0 radical (unpaired) electrons. The number of amides is 1. The van der Waals surface area contributed by atoms with Gasteiger partial charge in [-0.3, -0.25) is 4.79 Å². The lowest BCUT2D eigenvalue weighted by Crippen LogP contribution is -2.48. The number of carbonyl (C=O) groups is 1. The van der Waals surface area contributed by atoms with Gasteiger partial charge in [-0.25, -0.2) is 15.0 Å². The number of hydrogen-bond donors (Lipinski definition) is 1. The molecular formula is C20H19F3N8O. The first-order valence-corrected chi connectivity index (χ1v) is 10.1. The number of carbonyl (C=O) groups excluding carboxylic acids is 1. The molecule has 3 aromatic heterocycles. The topological polar surface area (TPSA) is 102 Å². The van der Waals surface area contributed by atoms with Crippen LogP contribution in [-0.2, 0) is 6.18 Å². The third-order valence-corrected chi connectivity index (χ3v) is 5.86. The second-order valence-corrected chi connectivity index (χ2v) is 8.10. The number of alkyl halides is 3. The van der Waals surface area contributed by atoms with Crippen LogP contribution >= 0.6 is 0 Å². The summed E-state index contributed by atoms with van der Waals surface area (Å²) < 4.78 is 38.2. The first-order chi connectivity index (χ1) is 15.3. The van der Waals surface area contributed by atoms with Crippen molar-refractivity contribution >= 4 is 11.7 Å². The summed E-state index contributed by atoms with van der Waals surface area (Å²) in [5.41, 5.74) is 0.587.